The predicted octanol–water partition coefficient (Wildman–Crippen LogP) is 6.49. The molecule has 0 unspecified atom stereocenters. The van der Waals surface area contributed by atoms with Crippen molar-refractivity contribution in [3.8, 4) is 17.2 Å². The Kier molecular flexibility index (Phi) is 10.8. The number of hydrogen-bond acceptors (Lipinski definition) is 5. The van der Waals surface area contributed by atoms with E-state index in [2.05, 4.69) is 32.7 Å². The highest BCUT2D eigenvalue weighted by Crippen LogP contribution is 2.37. The first-order valence-corrected chi connectivity index (χ1v) is 13.1. The monoisotopic (exact) mass is 572 g/mol. The number of halogens is 4. The molecule has 2 aromatic rings. The first kappa shape index (κ1) is 28.6. The molecule has 1 saturated heterocycles. The highest BCUT2D eigenvalue weighted by molar-refractivity contribution is 9.10. The van der Waals surface area contributed by atoms with Gasteiger partial charge in [-0.15, -0.1) is 0 Å². The molecule has 1 aliphatic rings. The summed E-state index contributed by atoms with van der Waals surface area (Å²) in [5, 5.41) is 0. The standard InChI is InChI=1S/C27H36BrF3N2O3/c1-20-9-12-33(13-10-20)14-16-36-25-8-5-21(17-26(25)34-3)19-32(2)11-4-15-35-22-6-7-24(28)23(18-22)27(29,30)31/h5-8,17-18,20H,4,9-16,19H2,1-3H3. The van der Waals surface area contributed by atoms with Gasteiger partial charge in [-0.1, -0.05) is 28.9 Å². The number of ether oxygens (including phenoxy) is 3. The number of methoxy groups -OCH3 is 1. The molecule has 0 radical (unpaired) electrons. The van der Waals surface area contributed by atoms with E-state index >= 15 is 0 Å². The summed E-state index contributed by atoms with van der Waals surface area (Å²) >= 11 is 2.94. The summed E-state index contributed by atoms with van der Waals surface area (Å²) in [5.41, 5.74) is 0.356. The lowest BCUT2D eigenvalue weighted by Crippen LogP contribution is -2.35. The zero-order chi connectivity index (χ0) is 26.1. The topological polar surface area (TPSA) is 34.2 Å². The van der Waals surface area contributed by atoms with Gasteiger partial charge in [-0.05, 0) is 81.2 Å². The van der Waals surface area contributed by atoms with Crippen LogP contribution in [-0.4, -0.2) is 63.4 Å². The van der Waals surface area contributed by atoms with Crippen LogP contribution in [0.4, 0.5) is 13.2 Å². The maximum Gasteiger partial charge on any atom is 0.417 e. The van der Waals surface area contributed by atoms with Gasteiger partial charge in [0.2, 0.25) is 0 Å². The highest BCUT2D eigenvalue weighted by atomic mass is 79.9. The molecule has 0 bridgehead atoms. The van der Waals surface area contributed by atoms with Gasteiger partial charge in [-0.25, -0.2) is 0 Å². The third kappa shape index (κ3) is 8.85. The van der Waals surface area contributed by atoms with E-state index in [1.54, 1.807) is 7.11 Å². The van der Waals surface area contributed by atoms with Crippen molar-refractivity contribution >= 4 is 15.9 Å². The summed E-state index contributed by atoms with van der Waals surface area (Å²) < 4.78 is 56.3. The SMILES string of the molecule is COc1cc(CN(C)CCCOc2ccc(Br)c(C(F)(F)F)c2)ccc1OCCN1CCC(C)CC1. The molecule has 3 rings (SSSR count). The number of alkyl halides is 3. The second-order valence-electron chi connectivity index (χ2n) is 9.44. The Balaban J connectivity index is 1.41. The molecule has 0 saturated carbocycles. The number of likely N-dealkylation sites (tertiary alicyclic amines) is 1. The molecule has 0 aromatic heterocycles. The fraction of sp³-hybridized carbons (Fsp3) is 0.556. The minimum Gasteiger partial charge on any atom is -0.494 e. The quantitative estimate of drug-likeness (QED) is 0.272. The van der Waals surface area contributed by atoms with Crippen molar-refractivity contribution < 1.29 is 27.4 Å². The largest absolute Gasteiger partial charge is 0.494 e. The third-order valence-corrected chi connectivity index (χ3v) is 7.11. The molecule has 1 fully saturated rings. The molecular weight excluding hydrogens is 537 g/mol. The summed E-state index contributed by atoms with van der Waals surface area (Å²) in [7, 11) is 3.64. The Hall–Kier alpha value is -1.97. The van der Waals surface area contributed by atoms with E-state index in [0.29, 0.717) is 31.9 Å². The van der Waals surface area contributed by atoms with E-state index in [1.807, 2.05) is 25.2 Å². The van der Waals surface area contributed by atoms with Crippen molar-refractivity contribution in [1.82, 2.24) is 9.80 Å². The molecule has 0 amide bonds. The smallest absolute Gasteiger partial charge is 0.417 e. The Bertz CT molecular complexity index is 966. The second-order valence-corrected chi connectivity index (χ2v) is 10.3. The van der Waals surface area contributed by atoms with Gasteiger partial charge in [-0.2, -0.15) is 13.2 Å². The zero-order valence-corrected chi connectivity index (χ0v) is 22.8. The van der Waals surface area contributed by atoms with E-state index in [9.17, 15) is 13.2 Å². The summed E-state index contributed by atoms with van der Waals surface area (Å²) in [5.74, 6) is 2.49. The number of hydrogen-bond donors (Lipinski definition) is 0. The number of rotatable bonds is 12. The van der Waals surface area contributed by atoms with Gasteiger partial charge in [0.15, 0.2) is 11.5 Å². The third-order valence-electron chi connectivity index (χ3n) is 6.42. The molecule has 0 aliphatic carbocycles. The lowest BCUT2D eigenvalue weighted by Gasteiger charge is -2.30. The molecule has 2 aromatic carbocycles. The summed E-state index contributed by atoms with van der Waals surface area (Å²) in [6.07, 6.45) is -1.24. The van der Waals surface area contributed by atoms with Gasteiger partial charge in [0.05, 0.1) is 19.3 Å². The second kappa shape index (κ2) is 13.5. The summed E-state index contributed by atoms with van der Waals surface area (Å²) in [4.78, 5) is 4.59. The molecule has 1 heterocycles. The predicted molar refractivity (Wildman–Crippen MR) is 139 cm³/mol. The Morgan fingerprint density at radius 3 is 2.47 bits per heavy atom. The number of piperidine rings is 1. The van der Waals surface area contributed by atoms with Crippen LogP contribution < -0.4 is 14.2 Å². The molecule has 36 heavy (non-hydrogen) atoms. The molecule has 200 valence electrons. The summed E-state index contributed by atoms with van der Waals surface area (Å²) in [6, 6.07) is 9.90. The molecular formula is C27H36BrF3N2O3. The van der Waals surface area contributed by atoms with E-state index in [4.69, 9.17) is 14.2 Å². The molecule has 9 heteroatoms. The van der Waals surface area contributed by atoms with Crippen molar-refractivity contribution in [2.24, 2.45) is 5.92 Å². The van der Waals surface area contributed by atoms with Crippen molar-refractivity contribution in [2.45, 2.75) is 38.9 Å². The van der Waals surface area contributed by atoms with Gasteiger partial charge in [-0.3, -0.25) is 4.90 Å². The van der Waals surface area contributed by atoms with Gasteiger partial charge >= 0.3 is 6.18 Å². The molecule has 1 aliphatic heterocycles. The maximum atomic E-state index is 13.0. The fourth-order valence-electron chi connectivity index (χ4n) is 4.23. The first-order valence-electron chi connectivity index (χ1n) is 12.4. The Morgan fingerprint density at radius 1 is 1.03 bits per heavy atom. The minimum absolute atomic E-state index is 0.00518. The van der Waals surface area contributed by atoms with Crippen LogP contribution in [0.1, 0.15) is 37.3 Å². The van der Waals surface area contributed by atoms with Crippen LogP contribution in [0.15, 0.2) is 40.9 Å². The van der Waals surface area contributed by atoms with Crippen molar-refractivity contribution in [3.63, 3.8) is 0 Å². The van der Waals surface area contributed by atoms with Crippen LogP contribution in [-0.2, 0) is 12.7 Å². The normalized spacial score (nSPS) is 15.3. The van der Waals surface area contributed by atoms with Crippen molar-refractivity contribution in [2.75, 3.05) is 53.6 Å². The fourth-order valence-corrected chi connectivity index (χ4v) is 4.70. The van der Waals surface area contributed by atoms with Crippen LogP contribution >= 0.6 is 15.9 Å². The zero-order valence-electron chi connectivity index (χ0n) is 21.2. The molecule has 5 nitrogen and oxygen atoms in total. The average Bonchev–Trinajstić information content (AvgIpc) is 2.84. The lowest BCUT2D eigenvalue weighted by molar-refractivity contribution is -0.138. The van der Waals surface area contributed by atoms with Crippen molar-refractivity contribution in [3.05, 3.63) is 52.0 Å². The van der Waals surface area contributed by atoms with Gasteiger partial charge < -0.3 is 19.1 Å². The Labute approximate surface area is 220 Å². The van der Waals surface area contributed by atoms with E-state index < -0.39 is 11.7 Å². The van der Waals surface area contributed by atoms with Crippen LogP contribution in [0, 0.1) is 5.92 Å². The van der Waals surface area contributed by atoms with Crippen LogP contribution in [0.2, 0.25) is 0 Å². The van der Waals surface area contributed by atoms with Gasteiger partial charge in [0.25, 0.3) is 0 Å². The lowest BCUT2D eigenvalue weighted by atomic mass is 9.99. The Morgan fingerprint density at radius 2 is 1.78 bits per heavy atom. The van der Waals surface area contributed by atoms with Crippen molar-refractivity contribution in [1.29, 1.82) is 0 Å². The van der Waals surface area contributed by atoms with E-state index in [1.165, 1.54) is 25.0 Å². The van der Waals surface area contributed by atoms with E-state index in [0.717, 1.165) is 49.5 Å². The summed E-state index contributed by atoms with van der Waals surface area (Å²) in [6.45, 7) is 7.90. The van der Waals surface area contributed by atoms with E-state index in [-0.39, 0.29) is 10.2 Å². The number of benzene rings is 2. The average molecular weight is 573 g/mol. The first-order chi connectivity index (χ1) is 17.2. The minimum atomic E-state index is -4.42. The maximum absolute atomic E-state index is 13.0. The molecule has 0 N–H and O–H groups in total. The van der Waals surface area contributed by atoms with Gasteiger partial charge in [0.1, 0.15) is 12.4 Å². The van der Waals surface area contributed by atoms with Gasteiger partial charge in [0, 0.05) is 24.1 Å². The highest BCUT2D eigenvalue weighted by Gasteiger charge is 2.33. The van der Waals surface area contributed by atoms with Crippen LogP contribution in [0.25, 0.3) is 0 Å². The van der Waals surface area contributed by atoms with Crippen LogP contribution in [0.3, 0.4) is 0 Å². The molecule has 0 atom stereocenters. The number of nitrogens with zero attached hydrogens (tertiary/aromatic N) is 2. The van der Waals surface area contributed by atoms with Crippen LogP contribution in [0.5, 0.6) is 17.2 Å². The molecule has 0 spiro atoms.